The van der Waals surface area contributed by atoms with Crippen molar-refractivity contribution in [2.45, 2.75) is 32.2 Å². The zero-order valence-corrected chi connectivity index (χ0v) is 7.53. The summed E-state index contributed by atoms with van der Waals surface area (Å²) in [5.41, 5.74) is 0. The van der Waals surface area contributed by atoms with Crippen LogP contribution in [0.25, 0.3) is 0 Å². The molecule has 0 aliphatic heterocycles. The van der Waals surface area contributed by atoms with E-state index in [0.29, 0.717) is 6.04 Å². The van der Waals surface area contributed by atoms with Crippen LogP contribution in [0.1, 0.15) is 26.2 Å². The second-order valence-electron chi connectivity index (χ2n) is 3.32. The van der Waals surface area contributed by atoms with E-state index in [1.807, 2.05) is 0 Å². The Kier molecular flexibility index (Phi) is 3.18. The van der Waals surface area contributed by atoms with Gasteiger partial charge in [0, 0.05) is 6.04 Å². The lowest BCUT2D eigenvalue weighted by atomic mass is 10.1. The molecule has 2 unspecified atom stereocenters. The van der Waals surface area contributed by atoms with Gasteiger partial charge in [-0.25, -0.2) is 0 Å². The molecule has 3 heteroatoms. The molecule has 0 aromatic carbocycles. The highest BCUT2D eigenvalue weighted by molar-refractivity contribution is 6.27. The fourth-order valence-corrected chi connectivity index (χ4v) is 1.68. The number of halogens is 1. The molecule has 1 aliphatic rings. The summed E-state index contributed by atoms with van der Waals surface area (Å²) in [6.07, 6.45) is 3.46. The van der Waals surface area contributed by atoms with Crippen molar-refractivity contribution in [2.75, 3.05) is 5.88 Å². The van der Waals surface area contributed by atoms with Gasteiger partial charge in [0.05, 0.1) is 0 Å². The molecule has 1 fully saturated rings. The maximum atomic E-state index is 10.8. The highest BCUT2D eigenvalue weighted by Crippen LogP contribution is 2.24. The molecule has 1 rings (SSSR count). The molecule has 2 atom stereocenters. The third-order valence-electron chi connectivity index (χ3n) is 2.18. The second-order valence-corrected chi connectivity index (χ2v) is 3.58. The van der Waals surface area contributed by atoms with Gasteiger partial charge >= 0.3 is 0 Å². The summed E-state index contributed by atoms with van der Waals surface area (Å²) in [6, 6.07) is 0.385. The lowest BCUT2D eigenvalue weighted by molar-refractivity contribution is -0.119. The van der Waals surface area contributed by atoms with Crippen LogP contribution in [0.4, 0.5) is 0 Å². The third-order valence-corrected chi connectivity index (χ3v) is 2.42. The van der Waals surface area contributed by atoms with Gasteiger partial charge in [0.15, 0.2) is 0 Å². The van der Waals surface area contributed by atoms with Crippen LogP contribution in [0.3, 0.4) is 0 Å². The number of carbonyl (C=O) groups excluding carboxylic acids is 1. The first-order valence-electron chi connectivity index (χ1n) is 4.07. The van der Waals surface area contributed by atoms with Gasteiger partial charge in [0.25, 0.3) is 0 Å². The van der Waals surface area contributed by atoms with Gasteiger partial charge in [-0.3, -0.25) is 4.79 Å². The van der Waals surface area contributed by atoms with Gasteiger partial charge in [0.1, 0.15) is 5.88 Å². The highest BCUT2D eigenvalue weighted by atomic mass is 35.5. The molecule has 1 N–H and O–H groups in total. The summed E-state index contributed by atoms with van der Waals surface area (Å²) in [7, 11) is 0. The molecule has 1 aliphatic carbocycles. The van der Waals surface area contributed by atoms with Crippen molar-refractivity contribution >= 4 is 17.5 Å². The number of hydrogen-bond donors (Lipinski definition) is 1. The van der Waals surface area contributed by atoms with Gasteiger partial charge in [-0.1, -0.05) is 6.92 Å². The molecule has 2 nitrogen and oxygen atoms in total. The van der Waals surface area contributed by atoms with Crippen LogP contribution >= 0.6 is 11.6 Å². The number of nitrogens with one attached hydrogen (secondary N) is 1. The predicted molar refractivity (Wildman–Crippen MR) is 45.7 cm³/mol. The molecule has 0 spiro atoms. The maximum Gasteiger partial charge on any atom is 0.235 e. The van der Waals surface area contributed by atoms with E-state index >= 15 is 0 Å². The molecule has 1 saturated carbocycles. The Labute approximate surface area is 72.3 Å². The van der Waals surface area contributed by atoms with E-state index in [0.717, 1.165) is 18.8 Å². The minimum atomic E-state index is -0.0363. The minimum absolute atomic E-state index is 0.0363. The van der Waals surface area contributed by atoms with E-state index in [2.05, 4.69) is 12.2 Å². The van der Waals surface area contributed by atoms with E-state index in [-0.39, 0.29) is 11.8 Å². The van der Waals surface area contributed by atoms with Gasteiger partial charge < -0.3 is 5.32 Å². The van der Waals surface area contributed by atoms with Crippen LogP contribution in [-0.2, 0) is 4.79 Å². The van der Waals surface area contributed by atoms with Crippen LogP contribution in [0.15, 0.2) is 0 Å². The first-order chi connectivity index (χ1) is 5.22. The summed E-state index contributed by atoms with van der Waals surface area (Å²) >= 11 is 5.35. The highest BCUT2D eigenvalue weighted by Gasteiger charge is 2.21. The van der Waals surface area contributed by atoms with Crippen molar-refractivity contribution in [3.05, 3.63) is 0 Å². The number of hydrogen-bond acceptors (Lipinski definition) is 1. The molecule has 0 saturated heterocycles. The molecule has 11 heavy (non-hydrogen) atoms. The normalized spacial score (nSPS) is 30.4. The summed E-state index contributed by atoms with van der Waals surface area (Å²) in [6.45, 7) is 2.22. The quantitative estimate of drug-likeness (QED) is 0.634. The van der Waals surface area contributed by atoms with Crippen LogP contribution in [0.2, 0.25) is 0 Å². The van der Waals surface area contributed by atoms with Gasteiger partial charge in [-0.05, 0) is 25.2 Å². The molecule has 0 aromatic heterocycles. The van der Waals surface area contributed by atoms with E-state index in [9.17, 15) is 4.79 Å². The second kappa shape index (κ2) is 3.96. The molecular formula is C8H14ClNO. The van der Waals surface area contributed by atoms with Gasteiger partial charge in [-0.2, -0.15) is 0 Å². The lowest BCUT2D eigenvalue weighted by Crippen LogP contribution is -2.33. The average molecular weight is 176 g/mol. The monoisotopic (exact) mass is 175 g/mol. The number of rotatable bonds is 2. The summed E-state index contributed by atoms with van der Waals surface area (Å²) < 4.78 is 0. The number of carbonyl (C=O) groups is 1. The van der Waals surface area contributed by atoms with Crippen molar-refractivity contribution in [1.82, 2.24) is 5.32 Å². The van der Waals surface area contributed by atoms with Gasteiger partial charge in [-0.15, -0.1) is 11.6 Å². The molecular weight excluding hydrogens is 162 g/mol. The zero-order chi connectivity index (χ0) is 8.27. The van der Waals surface area contributed by atoms with Crippen LogP contribution in [0.5, 0.6) is 0 Å². The maximum absolute atomic E-state index is 10.8. The largest absolute Gasteiger partial charge is 0.352 e. The van der Waals surface area contributed by atoms with Crippen molar-refractivity contribution in [1.29, 1.82) is 0 Å². The average Bonchev–Trinajstić information content (AvgIpc) is 2.35. The predicted octanol–water partition coefficient (Wildman–Crippen LogP) is 1.53. The molecule has 0 heterocycles. The molecule has 1 amide bonds. The van der Waals surface area contributed by atoms with E-state index < -0.39 is 0 Å². The Morgan fingerprint density at radius 1 is 1.64 bits per heavy atom. The Morgan fingerprint density at radius 2 is 2.36 bits per heavy atom. The van der Waals surface area contributed by atoms with Crippen LogP contribution < -0.4 is 5.32 Å². The first kappa shape index (κ1) is 8.85. The topological polar surface area (TPSA) is 29.1 Å². The smallest absolute Gasteiger partial charge is 0.235 e. The minimum Gasteiger partial charge on any atom is -0.352 e. The number of amides is 1. The molecule has 0 bridgehead atoms. The van der Waals surface area contributed by atoms with Crippen LogP contribution in [0, 0.1) is 5.92 Å². The van der Waals surface area contributed by atoms with Crippen molar-refractivity contribution < 1.29 is 4.79 Å². The first-order valence-corrected chi connectivity index (χ1v) is 4.61. The molecule has 0 radical (unpaired) electrons. The van der Waals surface area contributed by atoms with Gasteiger partial charge in [0.2, 0.25) is 5.91 Å². The molecule has 64 valence electrons. The Balaban J connectivity index is 2.23. The van der Waals surface area contributed by atoms with Crippen molar-refractivity contribution in [3.8, 4) is 0 Å². The Morgan fingerprint density at radius 3 is 2.82 bits per heavy atom. The van der Waals surface area contributed by atoms with Crippen molar-refractivity contribution in [3.63, 3.8) is 0 Å². The zero-order valence-electron chi connectivity index (χ0n) is 6.77. The standard InChI is InChI=1S/C8H14ClNO/c1-6-2-3-7(4-6)10-8(11)5-9/h6-7H,2-5H2,1H3,(H,10,11). The SMILES string of the molecule is CC1CCC(NC(=O)CCl)C1. The fourth-order valence-electron chi connectivity index (χ4n) is 1.60. The van der Waals surface area contributed by atoms with E-state index in [4.69, 9.17) is 11.6 Å². The fraction of sp³-hybridized carbons (Fsp3) is 0.875. The lowest BCUT2D eigenvalue weighted by Gasteiger charge is -2.10. The Hall–Kier alpha value is -0.240. The summed E-state index contributed by atoms with van der Waals surface area (Å²) in [4.78, 5) is 10.8. The van der Waals surface area contributed by atoms with Crippen LogP contribution in [-0.4, -0.2) is 17.8 Å². The van der Waals surface area contributed by atoms with E-state index in [1.165, 1.54) is 6.42 Å². The van der Waals surface area contributed by atoms with E-state index in [1.54, 1.807) is 0 Å². The molecule has 0 aromatic rings. The Bertz CT molecular complexity index is 149. The number of alkyl halides is 1. The summed E-state index contributed by atoms with van der Waals surface area (Å²) in [5, 5.41) is 2.89. The van der Waals surface area contributed by atoms with Crippen molar-refractivity contribution in [2.24, 2.45) is 5.92 Å². The summed E-state index contributed by atoms with van der Waals surface area (Å²) in [5.74, 6) is 0.812. The third kappa shape index (κ3) is 2.70.